The third-order valence-electron chi connectivity index (χ3n) is 4.52. The molecule has 11 heteroatoms. The maximum absolute atomic E-state index is 13.8. The molecule has 0 saturated heterocycles. The number of hydrogen-bond acceptors (Lipinski definition) is 7. The van der Waals surface area contributed by atoms with Gasteiger partial charge in [-0.2, -0.15) is 16.4 Å². The number of aryl methyl sites for hydroxylation is 1. The minimum absolute atomic E-state index is 0.0876. The Morgan fingerprint density at radius 3 is 2.59 bits per heavy atom. The van der Waals surface area contributed by atoms with Crippen molar-refractivity contribution in [2.45, 2.75) is 6.92 Å². The quantitative estimate of drug-likeness (QED) is 0.250. The number of pyridine rings is 1. The summed E-state index contributed by atoms with van der Waals surface area (Å²) in [6.45, 7) is 1.80. The van der Waals surface area contributed by atoms with Crippen LogP contribution < -0.4 is 20.1 Å². The highest BCUT2D eigenvalue weighted by Gasteiger charge is 2.13. The molecule has 4 aromatic rings. The molecule has 4 rings (SSSR count). The van der Waals surface area contributed by atoms with E-state index in [0.29, 0.717) is 32.3 Å². The minimum Gasteiger partial charge on any atom is -0.456 e. The molecule has 3 amide bonds. The first-order valence-corrected chi connectivity index (χ1v) is 11.9. The molecule has 0 spiro atoms. The molecular weight excluding hydrogens is 479 g/mol. The van der Waals surface area contributed by atoms with Crippen molar-refractivity contribution in [3.8, 4) is 11.5 Å². The third-order valence-corrected chi connectivity index (χ3v) is 6.07. The molecule has 0 bridgehead atoms. The number of aromatic nitrogens is 1. The van der Waals surface area contributed by atoms with E-state index >= 15 is 0 Å². The number of benzene rings is 2. The summed E-state index contributed by atoms with van der Waals surface area (Å²) in [4.78, 5) is 28.9. The maximum atomic E-state index is 13.8. The Bertz CT molecular complexity index is 1460. The molecule has 0 saturated carbocycles. The summed E-state index contributed by atoms with van der Waals surface area (Å²) >= 11 is 1.15. The first-order chi connectivity index (χ1) is 16.3. The van der Waals surface area contributed by atoms with Crippen LogP contribution >= 0.6 is 11.3 Å². The number of ether oxygens (including phenoxy) is 1. The first kappa shape index (κ1) is 23.2. The van der Waals surface area contributed by atoms with Crippen molar-refractivity contribution < 1.29 is 22.9 Å². The molecule has 8 nitrogen and oxygen atoms in total. The van der Waals surface area contributed by atoms with Crippen LogP contribution in [0.3, 0.4) is 0 Å². The van der Waals surface area contributed by atoms with E-state index in [9.17, 15) is 18.2 Å². The van der Waals surface area contributed by atoms with E-state index in [4.69, 9.17) is 4.74 Å². The van der Waals surface area contributed by atoms with Gasteiger partial charge in [0.15, 0.2) is 0 Å². The predicted molar refractivity (Wildman–Crippen MR) is 133 cm³/mol. The van der Waals surface area contributed by atoms with E-state index in [1.807, 2.05) is 0 Å². The Labute approximate surface area is 200 Å². The molecule has 2 aromatic carbocycles. The van der Waals surface area contributed by atoms with Crippen molar-refractivity contribution in [1.29, 1.82) is 0 Å². The van der Waals surface area contributed by atoms with Crippen molar-refractivity contribution >= 4 is 61.3 Å². The van der Waals surface area contributed by atoms with Crippen LogP contribution in [-0.4, -0.2) is 22.8 Å². The Morgan fingerprint density at radius 2 is 1.85 bits per heavy atom. The number of urea groups is 1. The Morgan fingerprint density at radius 1 is 1.09 bits per heavy atom. The fourth-order valence-electron chi connectivity index (χ4n) is 3.01. The topological polar surface area (TPSA) is 109 Å². The highest BCUT2D eigenvalue weighted by Crippen LogP contribution is 2.35. The van der Waals surface area contributed by atoms with Crippen LogP contribution in [0.4, 0.5) is 20.6 Å². The number of carbonyl (C=O) groups is 2. The SMILES string of the molecule is C=[S-](=O)NC(=O)c1cc2nccc(Oc3ccc(NC(=O)Nc4cc(C)ccc4F)cc3)c2s1. The monoisotopic (exact) mass is 497 g/mol. The molecule has 0 aliphatic heterocycles. The fourth-order valence-corrected chi connectivity index (χ4v) is 4.36. The van der Waals surface area contributed by atoms with Gasteiger partial charge in [-0.15, -0.1) is 11.3 Å². The second-order valence-electron chi connectivity index (χ2n) is 7.10. The zero-order valence-corrected chi connectivity index (χ0v) is 19.4. The zero-order chi connectivity index (χ0) is 24.2. The second kappa shape index (κ2) is 9.89. The number of hydrogen-bond donors (Lipinski definition) is 3. The van der Waals surface area contributed by atoms with Gasteiger partial charge in [0.2, 0.25) is 5.91 Å². The number of fused-ring (bicyclic) bond motifs is 1. The van der Waals surface area contributed by atoms with Gasteiger partial charge in [0.25, 0.3) is 0 Å². The maximum Gasteiger partial charge on any atom is 0.323 e. The minimum atomic E-state index is -1.72. The summed E-state index contributed by atoms with van der Waals surface area (Å²) in [5.41, 5.74) is 1.94. The number of nitrogens with one attached hydrogen (secondary N) is 3. The lowest BCUT2D eigenvalue weighted by molar-refractivity contribution is 0.0987. The molecule has 0 aliphatic carbocycles. The van der Waals surface area contributed by atoms with E-state index in [2.05, 4.69) is 26.2 Å². The van der Waals surface area contributed by atoms with Crippen molar-refractivity contribution in [2.24, 2.45) is 0 Å². The molecule has 0 fully saturated rings. The molecular formula is C23H18FN4O4S2-. The van der Waals surface area contributed by atoms with Gasteiger partial charge in [-0.05, 0) is 55.0 Å². The number of rotatable bonds is 6. The molecule has 174 valence electrons. The van der Waals surface area contributed by atoms with Crippen molar-refractivity contribution in [1.82, 2.24) is 9.71 Å². The van der Waals surface area contributed by atoms with Crippen molar-refractivity contribution in [2.75, 3.05) is 10.6 Å². The third kappa shape index (κ3) is 5.50. The van der Waals surface area contributed by atoms with Gasteiger partial charge >= 0.3 is 6.03 Å². The first-order valence-electron chi connectivity index (χ1n) is 9.81. The average molecular weight is 498 g/mol. The number of halogens is 1. The summed E-state index contributed by atoms with van der Waals surface area (Å²) in [5, 5.41) is 5.11. The number of thiophene rings is 1. The number of amides is 3. The van der Waals surface area contributed by atoms with Crippen LogP contribution in [0.1, 0.15) is 15.2 Å². The van der Waals surface area contributed by atoms with Crippen LogP contribution in [0.5, 0.6) is 11.5 Å². The smallest absolute Gasteiger partial charge is 0.323 e. The van der Waals surface area contributed by atoms with Crippen molar-refractivity contribution in [3.05, 3.63) is 77.1 Å². The van der Waals surface area contributed by atoms with Crippen LogP contribution in [0, 0.1) is 12.7 Å². The number of carbonyl (C=O) groups excluding carboxylic acids is 2. The van der Waals surface area contributed by atoms with E-state index in [1.165, 1.54) is 6.07 Å². The highest BCUT2D eigenvalue weighted by molar-refractivity contribution is 7.81. The molecule has 0 unspecified atom stereocenters. The van der Waals surface area contributed by atoms with E-state index in [1.54, 1.807) is 61.7 Å². The van der Waals surface area contributed by atoms with Gasteiger partial charge in [0.05, 0.1) is 20.8 Å². The number of anilines is 2. The Hall–Kier alpha value is -3.96. The van der Waals surface area contributed by atoms with Gasteiger partial charge in [-0.25, -0.2) is 9.18 Å². The highest BCUT2D eigenvalue weighted by atomic mass is 32.2. The van der Waals surface area contributed by atoms with Gasteiger partial charge in [0, 0.05) is 18.0 Å². The van der Waals surface area contributed by atoms with Gasteiger partial charge in [0.1, 0.15) is 17.3 Å². The van der Waals surface area contributed by atoms with Crippen molar-refractivity contribution in [3.63, 3.8) is 0 Å². The molecule has 2 aromatic heterocycles. The molecule has 0 atom stereocenters. The summed E-state index contributed by atoms with van der Waals surface area (Å²) in [7, 11) is -1.72. The summed E-state index contributed by atoms with van der Waals surface area (Å²) < 4.78 is 33.8. The Kier molecular flexibility index (Phi) is 6.75. The fraction of sp³-hybridized carbons (Fsp3) is 0.0435. The average Bonchev–Trinajstić information content (AvgIpc) is 3.23. The molecule has 0 aliphatic rings. The summed E-state index contributed by atoms with van der Waals surface area (Å²) in [6, 6.07) is 13.7. The lowest BCUT2D eigenvalue weighted by Gasteiger charge is -2.10. The Balaban J connectivity index is 1.45. The van der Waals surface area contributed by atoms with E-state index < -0.39 is 28.3 Å². The normalized spacial score (nSPS) is 10.8. The summed E-state index contributed by atoms with van der Waals surface area (Å²) in [6.07, 6.45) is 1.55. The van der Waals surface area contributed by atoms with Gasteiger partial charge < -0.3 is 24.3 Å². The van der Waals surface area contributed by atoms with Crippen LogP contribution in [-0.2, 0) is 14.8 Å². The molecule has 0 radical (unpaired) electrons. The lowest BCUT2D eigenvalue weighted by atomic mass is 10.2. The second-order valence-corrected chi connectivity index (χ2v) is 9.05. The van der Waals surface area contributed by atoms with Crippen LogP contribution in [0.25, 0.3) is 10.2 Å². The predicted octanol–water partition coefficient (Wildman–Crippen LogP) is 5.22. The summed E-state index contributed by atoms with van der Waals surface area (Å²) in [5.74, 6) is 3.18. The zero-order valence-electron chi connectivity index (χ0n) is 17.8. The molecule has 2 heterocycles. The van der Waals surface area contributed by atoms with Gasteiger partial charge in [-0.3, -0.25) is 9.78 Å². The van der Waals surface area contributed by atoms with E-state index in [0.717, 1.165) is 16.9 Å². The molecule has 3 N–H and O–H groups in total. The lowest BCUT2D eigenvalue weighted by Crippen LogP contribution is -2.20. The largest absolute Gasteiger partial charge is 0.456 e. The number of nitrogens with zero attached hydrogens (tertiary/aromatic N) is 1. The molecule has 34 heavy (non-hydrogen) atoms. The van der Waals surface area contributed by atoms with Crippen LogP contribution in [0.15, 0.2) is 60.8 Å². The van der Waals surface area contributed by atoms with Crippen LogP contribution in [0.2, 0.25) is 0 Å². The van der Waals surface area contributed by atoms with E-state index in [-0.39, 0.29) is 5.69 Å². The standard InChI is InChI=1S/C23H18FN4O4S2/c1-13-3-8-16(24)17(11-13)27-23(30)26-14-4-6-15(7-5-14)32-19-9-10-25-18-12-20(33-21(18)19)22(29)28-34(2)31/h3-12H,2H2,1H3,(H2,26,27,30)(H,28,29,31)/q-1. The van der Waals surface area contributed by atoms with Gasteiger partial charge in [-0.1, -0.05) is 6.07 Å².